The Morgan fingerprint density at radius 1 is 0.972 bits per heavy atom. The summed E-state index contributed by atoms with van der Waals surface area (Å²) >= 11 is 0. The number of alkyl halides is 3. The summed E-state index contributed by atoms with van der Waals surface area (Å²) in [6.45, 7) is 5.02. The van der Waals surface area contributed by atoms with Gasteiger partial charge in [-0.2, -0.15) is 13.2 Å². The highest BCUT2D eigenvalue weighted by Crippen LogP contribution is 2.58. The molecular weight excluding hydrogens is 471 g/mol. The second-order valence-electron chi connectivity index (χ2n) is 11.1. The van der Waals surface area contributed by atoms with Gasteiger partial charge in [0.15, 0.2) is 5.78 Å². The summed E-state index contributed by atoms with van der Waals surface area (Å²) in [5.74, 6) is -1.92. The number of halogens is 3. The van der Waals surface area contributed by atoms with Gasteiger partial charge in [-0.1, -0.05) is 51.3 Å². The minimum atomic E-state index is -5.19. The molecule has 36 heavy (non-hydrogen) atoms. The van der Waals surface area contributed by atoms with Crippen molar-refractivity contribution in [2.45, 2.75) is 83.4 Å². The number of rotatable bonds is 3. The lowest BCUT2D eigenvalue weighted by atomic mass is 9.66. The maximum absolute atomic E-state index is 15.4. The Hall–Kier alpha value is -3.10. The van der Waals surface area contributed by atoms with Gasteiger partial charge >= 0.3 is 6.18 Å². The number of aromatic nitrogens is 2. The van der Waals surface area contributed by atoms with E-state index in [1.165, 1.54) is 11.8 Å². The van der Waals surface area contributed by atoms with Gasteiger partial charge < -0.3 is 4.90 Å². The summed E-state index contributed by atoms with van der Waals surface area (Å²) in [5, 5.41) is 2.74. The second kappa shape index (κ2) is 8.21. The van der Waals surface area contributed by atoms with Crippen molar-refractivity contribution in [1.29, 1.82) is 0 Å². The first-order valence-electron chi connectivity index (χ1n) is 12.4. The van der Waals surface area contributed by atoms with Crippen LogP contribution in [0.4, 0.5) is 13.2 Å². The topological polar surface area (TPSA) is 75.2 Å². The molecule has 2 aliphatic carbocycles. The zero-order valence-electron chi connectivity index (χ0n) is 20.7. The van der Waals surface area contributed by atoms with Crippen LogP contribution in [0.25, 0.3) is 5.69 Å². The number of aromatic amines is 1. The largest absolute Gasteiger partial charge is 0.411 e. The lowest BCUT2D eigenvalue weighted by Gasteiger charge is -2.37. The van der Waals surface area contributed by atoms with Gasteiger partial charge in [0.1, 0.15) is 0 Å². The van der Waals surface area contributed by atoms with Crippen molar-refractivity contribution in [3.05, 3.63) is 63.2 Å². The molecule has 0 bridgehead atoms. The van der Waals surface area contributed by atoms with Crippen LogP contribution in [0.1, 0.15) is 70.1 Å². The van der Waals surface area contributed by atoms with Crippen LogP contribution in [0.5, 0.6) is 0 Å². The zero-order valence-corrected chi connectivity index (χ0v) is 20.7. The first-order valence-corrected chi connectivity index (χ1v) is 12.4. The summed E-state index contributed by atoms with van der Waals surface area (Å²) in [4.78, 5) is 42.7. The van der Waals surface area contributed by atoms with Crippen molar-refractivity contribution in [2.75, 3.05) is 0 Å². The van der Waals surface area contributed by atoms with Gasteiger partial charge in [0.25, 0.3) is 11.5 Å². The number of benzene rings is 1. The quantitative estimate of drug-likeness (QED) is 0.637. The number of para-hydroxylation sites is 1. The van der Waals surface area contributed by atoms with E-state index >= 15 is 13.2 Å². The molecule has 1 aromatic carbocycles. The molecule has 1 fully saturated rings. The molecule has 192 valence electrons. The van der Waals surface area contributed by atoms with Crippen LogP contribution in [-0.4, -0.2) is 38.6 Å². The molecule has 1 aliphatic heterocycles. The highest BCUT2D eigenvalue weighted by molar-refractivity contribution is 6.13. The number of amides is 1. The average molecular weight is 502 g/mol. The SMILES string of the molecule is Cc1[nH]n(-c2ccccc2)c(=O)c1C1(C(F)(F)F)C(=O)N(C2CCCCC2)C2=C1C(=O)CC(C)(C)C2. The van der Waals surface area contributed by atoms with Crippen LogP contribution in [0.2, 0.25) is 0 Å². The van der Waals surface area contributed by atoms with Crippen molar-refractivity contribution in [3.63, 3.8) is 0 Å². The fourth-order valence-electron chi connectivity index (χ4n) is 6.44. The highest BCUT2D eigenvalue weighted by Gasteiger charge is 2.73. The minimum absolute atomic E-state index is 0.0792. The van der Waals surface area contributed by atoms with E-state index in [4.69, 9.17) is 0 Å². The molecule has 5 rings (SSSR count). The number of nitrogens with zero attached hydrogens (tertiary/aromatic N) is 2. The predicted octanol–water partition coefficient (Wildman–Crippen LogP) is 5.09. The molecule has 1 atom stereocenters. The Bertz CT molecular complexity index is 1310. The van der Waals surface area contributed by atoms with Crippen LogP contribution < -0.4 is 5.56 Å². The summed E-state index contributed by atoms with van der Waals surface area (Å²) in [7, 11) is 0. The molecule has 1 amide bonds. The van der Waals surface area contributed by atoms with Crippen molar-refractivity contribution >= 4 is 11.7 Å². The maximum Gasteiger partial charge on any atom is 0.411 e. The fourth-order valence-corrected chi connectivity index (χ4v) is 6.44. The maximum atomic E-state index is 15.4. The summed E-state index contributed by atoms with van der Waals surface area (Å²) in [6, 6.07) is 7.81. The number of carbonyl (C=O) groups is 2. The number of H-pyrrole nitrogens is 1. The van der Waals surface area contributed by atoms with Gasteiger partial charge in [-0.3, -0.25) is 19.5 Å². The molecule has 3 aliphatic rings. The van der Waals surface area contributed by atoms with Crippen molar-refractivity contribution in [2.24, 2.45) is 5.41 Å². The molecule has 1 saturated carbocycles. The average Bonchev–Trinajstić information content (AvgIpc) is 3.24. The highest BCUT2D eigenvalue weighted by atomic mass is 19.4. The van der Waals surface area contributed by atoms with Crippen LogP contribution >= 0.6 is 0 Å². The van der Waals surface area contributed by atoms with Gasteiger partial charge in [0, 0.05) is 29.4 Å². The molecule has 2 aromatic rings. The fraction of sp³-hybridized carbons (Fsp3) is 0.519. The smallest absolute Gasteiger partial charge is 0.311 e. The molecule has 2 heterocycles. The monoisotopic (exact) mass is 501 g/mol. The molecule has 6 nitrogen and oxygen atoms in total. The predicted molar refractivity (Wildman–Crippen MR) is 128 cm³/mol. The van der Waals surface area contributed by atoms with E-state index in [0.717, 1.165) is 23.9 Å². The molecule has 1 N–H and O–H groups in total. The van der Waals surface area contributed by atoms with E-state index < -0.39 is 51.4 Å². The number of ketones is 1. The number of hydrogen-bond donors (Lipinski definition) is 1. The third-order valence-electron chi connectivity index (χ3n) is 7.88. The van der Waals surface area contributed by atoms with Crippen molar-refractivity contribution in [3.8, 4) is 5.69 Å². The number of carbonyl (C=O) groups excluding carboxylic acids is 2. The van der Waals surface area contributed by atoms with Gasteiger partial charge in [-0.15, -0.1) is 0 Å². The van der Waals surface area contributed by atoms with Gasteiger partial charge in [0.05, 0.1) is 11.3 Å². The number of nitrogens with one attached hydrogen (secondary N) is 1. The van der Waals surface area contributed by atoms with Crippen LogP contribution in [0, 0.1) is 12.3 Å². The number of allylic oxidation sites excluding steroid dienone is 1. The van der Waals surface area contributed by atoms with Crippen LogP contribution in [0.15, 0.2) is 46.4 Å². The molecule has 0 saturated heterocycles. The Morgan fingerprint density at radius 3 is 2.22 bits per heavy atom. The standard InChI is InChI=1S/C27H30F3N3O3/c1-16-21(23(35)33(31-16)18-12-8-5-9-13-18)26(27(28,29)30)22-19(14-25(2,3)15-20(22)34)32(24(26)36)17-10-6-4-7-11-17/h5,8-9,12-13,17,31H,4,6-7,10-11,14-15H2,1-3H3. The second-order valence-corrected chi connectivity index (χ2v) is 11.1. The summed E-state index contributed by atoms with van der Waals surface area (Å²) in [6.07, 6.45) is -1.42. The van der Waals surface area contributed by atoms with Crippen LogP contribution in [-0.2, 0) is 15.0 Å². The van der Waals surface area contributed by atoms with E-state index in [9.17, 15) is 14.4 Å². The third-order valence-corrected chi connectivity index (χ3v) is 7.88. The third kappa shape index (κ3) is 3.42. The number of aryl methyl sites for hydroxylation is 1. The van der Waals surface area contributed by atoms with E-state index in [0.29, 0.717) is 18.5 Å². The zero-order chi connectivity index (χ0) is 26.0. The number of hydrogen-bond acceptors (Lipinski definition) is 3. The Labute approximate surface area is 207 Å². The van der Waals surface area contributed by atoms with Crippen molar-refractivity contribution in [1.82, 2.24) is 14.7 Å². The van der Waals surface area contributed by atoms with E-state index in [2.05, 4.69) is 5.10 Å². The normalized spacial score (nSPS) is 25.0. The molecule has 0 spiro atoms. The first-order chi connectivity index (χ1) is 16.9. The van der Waals surface area contributed by atoms with E-state index in [-0.39, 0.29) is 24.2 Å². The van der Waals surface area contributed by atoms with Crippen LogP contribution in [0.3, 0.4) is 0 Å². The molecule has 1 unspecified atom stereocenters. The minimum Gasteiger partial charge on any atom is -0.311 e. The molecular formula is C27H30F3N3O3. The van der Waals surface area contributed by atoms with Gasteiger partial charge in [-0.05, 0) is 43.7 Å². The molecule has 9 heteroatoms. The van der Waals surface area contributed by atoms with Gasteiger partial charge in [-0.25, -0.2) is 4.68 Å². The Kier molecular flexibility index (Phi) is 5.61. The Morgan fingerprint density at radius 2 is 1.61 bits per heavy atom. The number of Topliss-reactive ketones (excluding diaryl/α,β-unsaturated/α-hetero) is 1. The van der Waals surface area contributed by atoms with Gasteiger partial charge in [0.2, 0.25) is 5.41 Å². The van der Waals surface area contributed by atoms with E-state index in [1.54, 1.807) is 30.3 Å². The summed E-state index contributed by atoms with van der Waals surface area (Å²) in [5.41, 5.74) is -5.74. The lowest BCUT2D eigenvalue weighted by molar-refractivity contribution is -0.190. The Balaban J connectivity index is 1.82. The summed E-state index contributed by atoms with van der Waals surface area (Å²) < 4.78 is 47.2. The lowest BCUT2D eigenvalue weighted by Crippen LogP contribution is -2.56. The first kappa shape index (κ1) is 24.6. The van der Waals surface area contributed by atoms with Crippen molar-refractivity contribution < 1.29 is 22.8 Å². The molecule has 1 aromatic heterocycles. The molecule has 0 radical (unpaired) electrons. The van der Waals surface area contributed by atoms with E-state index in [1.807, 2.05) is 13.8 Å².